The average Bonchev–Trinajstić information content (AvgIpc) is 2.30. The quantitative estimate of drug-likeness (QED) is 0.670. The summed E-state index contributed by atoms with van der Waals surface area (Å²) in [6, 6.07) is 0.424. The molecule has 0 aromatic rings. The van der Waals surface area contributed by atoms with Gasteiger partial charge in [0.1, 0.15) is 0 Å². The highest BCUT2D eigenvalue weighted by Crippen LogP contribution is 2.23. The number of hydrogen-bond donors (Lipinski definition) is 0. The molecule has 3 heteroatoms. The lowest BCUT2D eigenvalue weighted by molar-refractivity contribution is -0.131. The first kappa shape index (κ1) is 10.0. The molecule has 1 aliphatic rings. The largest absolute Gasteiger partial charge is 0.339 e. The predicted octanol–water partition coefficient (Wildman–Crippen LogP) is 2.17. The number of nitrogens with zero attached hydrogens (tertiary/aromatic N) is 1. The van der Waals surface area contributed by atoms with Crippen molar-refractivity contribution >= 4 is 21.8 Å². The van der Waals surface area contributed by atoms with Crippen LogP contribution < -0.4 is 0 Å². The van der Waals surface area contributed by atoms with E-state index in [1.54, 1.807) is 0 Å². The maximum absolute atomic E-state index is 11.5. The van der Waals surface area contributed by atoms with E-state index in [-0.39, 0.29) is 0 Å². The zero-order valence-corrected chi connectivity index (χ0v) is 9.30. The minimum atomic E-state index is 0.312. The van der Waals surface area contributed by atoms with E-state index in [2.05, 4.69) is 22.9 Å². The third kappa shape index (κ3) is 2.22. The van der Waals surface area contributed by atoms with Crippen molar-refractivity contribution in [3.63, 3.8) is 0 Å². The lowest BCUT2D eigenvalue weighted by atomic mass is 10.2. The van der Waals surface area contributed by atoms with E-state index < -0.39 is 0 Å². The minimum absolute atomic E-state index is 0.312. The second-order valence-corrected chi connectivity index (χ2v) is 4.77. The van der Waals surface area contributed by atoms with E-state index in [1.165, 1.54) is 0 Å². The van der Waals surface area contributed by atoms with Gasteiger partial charge in [-0.25, -0.2) is 0 Å². The van der Waals surface area contributed by atoms with Crippen molar-refractivity contribution in [2.75, 3.05) is 6.54 Å². The van der Waals surface area contributed by atoms with E-state index in [1.807, 2.05) is 11.8 Å². The summed E-state index contributed by atoms with van der Waals surface area (Å²) in [5, 5.41) is 0. The molecular weight excluding hydrogens is 218 g/mol. The molecule has 2 unspecified atom stereocenters. The number of carbonyl (C=O) groups excluding carboxylic acids is 1. The highest BCUT2D eigenvalue weighted by Gasteiger charge is 2.29. The number of rotatable bonds is 2. The number of halogens is 1. The third-order valence-corrected chi connectivity index (χ3v) is 2.97. The zero-order valence-electron chi connectivity index (χ0n) is 7.72. The molecule has 2 nitrogen and oxygen atoms in total. The fourth-order valence-electron chi connectivity index (χ4n) is 1.67. The van der Waals surface area contributed by atoms with Gasteiger partial charge in [0.05, 0.1) is 0 Å². The van der Waals surface area contributed by atoms with Crippen molar-refractivity contribution in [1.82, 2.24) is 4.90 Å². The van der Waals surface area contributed by atoms with E-state index in [9.17, 15) is 4.79 Å². The third-order valence-electron chi connectivity index (χ3n) is 2.31. The second-order valence-electron chi connectivity index (χ2n) is 3.48. The van der Waals surface area contributed by atoms with Crippen LogP contribution in [0.25, 0.3) is 0 Å². The molecule has 0 bridgehead atoms. The number of alkyl halides is 1. The summed E-state index contributed by atoms with van der Waals surface area (Å²) < 4.78 is 0. The molecule has 70 valence electrons. The Morgan fingerprint density at radius 3 is 2.75 bits per heavy atom. The summed E-state index contributed by atoms with van der Waals surface area (Å²) in [5.74, 6) is 0.312. The van der Waals surface area contributed by atoms with Crippen LogP contribution in [0, 0.1) is 0 Å². The SMILES string of the molecule is CCCC(=O)N1CC(Br)CC1C. The first-order valence-electron chi connectivity index (χ1n) is 4.58. The van der Waals surface area contributed by atoms with E-state index >= 15 is 0 Å². The van der Waals surface area contributed by atoms with Crippen LogP contribution in [0.5, 0.6) is 0 Å². The molecule has 0 N–H and O–H groups in total. The summed E-state index contributed by atoms with van der Waals surface area (Å²) in [5.41, 5.74) is 0. The van der Waals surface area contributed by atoms with Crippen LogP contribution in [0.15, 0.2) is 0 Å². The molecule has 1 amide bonds. The molecule has 1 rings (SSSR count). The Morgan fingerprint density at radius 1 is 1.67 bits per heavy atom. The molecule has 12 heavy (non-hydrogen) atoms. The first-order chi connectivity index (χ1) is 5.65. The van der Waals surface area contributed by atoms with Gasteiger partial charge in [0, 0.05) is 23.8 Å². The molecular formula is C9H16BrNO. The van der Waals surface area contributed by atoms with Crippen molar-refractivity contribution < 1.29 is 4.79 Å². The van der Waals surface area contributed by atoms with Gasteiger partial charge in [-0.05, 0) is 19.8 Å². The predicted molar refractivity (Wildman–Crippen MR) is 53.4 cm³/mol. The van der Waals surface area contributed by atoms with Crippen LogP contribution in [0.3, 0.4) is 0 Å². The van der Waals surface area contributed by atoms with E-state index in [4.69, 9.17) is 0 Å². The molecule has 1 heterocycles. The van der Waals surface area contributed by atoms with E-state index in [0.29, 0.717) is 23.2 Å². The van der Waals surface area contributed by atoms with E-state index in [0.717, 1.165) is 19.4 Å². The Kier molecular flexibility index (Phi) is 3.56. The molecule has 0 saturated carbocycles. The van der Waals surface area contributed by atoms with Crippen molar-refractivity contribution in [3.8, 4) is 0 Å². The molecule has 0 spiro atoms. The highest BCUT2D eigenvalue weighted by molar-refractivity contribution is 9.09. The Balaban J connectivity index is 2.46. The van der Waals surface area contributed by atoms with Crippen LogP contribution in [0.1, 0.15) is 33.1 Å². The average molecular weight is 234 g/mol. The molecule has 0 aromatic carbocycles. The Morgan fingerprint density at radius 2 is 2.33 bits per heavy atom. The Bertz CT molecular complexity index is 172. The maximum atomic E-state index is 11.5. The smallest absolute Gasteiger partial charge is 0.222 e. The van der Waals surface area contributed by atoms with Gasteiger partial charge in [-0.2, -0.15) is 0 Å². The number of carbonyl (C=O) groups is 1. The van der Waals surface area contributed by atoms with Gasteiger partial charge >= 0.3 is 0 Å². The van der Waals surface area contributed by atoms with Gasteiger partial charge in [0.15, 0.2) is 0 Å². The molecule has 1 saturated heterocycles. The topological polar surface area (TPSA) is 20.3 Å². The van der Waals surface area contributed by atoms with Crippen molar-refractivity contribution in [3.05, 3.63) is 0 Å². The normalized spacial score (nSPS) is 29.4. The molecule has 2 atom stereocenters. The highest BCUT2D eigenvalue weighted by atomic mass is 79.9. The van der Waals surface area contributed by atoms with Gasteiger partial charge in [-0.1, -0.05) is 22.9 Å². The van der Waals surface area contributed by atoms with Crippen LogP contribution in [0.4, 0.5) is 0 Å². The van der Waals surface area contributed by atoms with Crippen LogP contribution in [0.2, 0.25) is 0 Å². The van der Waals surface area contributed by atoms with Gasteiger partial charge in [0.2, 0.25) is 5.91 Å². The Labute approximate surface area is 82.4 Å². The molecule has 0 aliphatic carbocycles. The van der Waals surface area contributed by atoms with Crippen LogP contribution in [-0.2, 0) is 4.79 Å². The van der Waals surface area contributed by atoms with Crippen molar-refractivity contribution in [2.45, 2.75) is 44.0 Å². The second kappa shape index (κ2) is 4.26. The van der Waals surface area contributed by atoms with Gasteiger partial charge in [-0.3, -0.25) is 4.79 Å². The fourth-order valence-corrected chi connectivity index (χ4v) is 2.52. The summed E-state index contributed by atoms with van der Waals surface area (Å²) in [4.78, 5) is 14.0. The lowest BCUT2D eigenvalue weighted by Crippen LogP contribution is -2.33. The molecule has 1 aliphatic heterocycles. The molecule has 1 fully saturated rings. The monoisotopic (exact) mass is 233 g/mol. The number of hydrogen-bond acceptors (Lipinski definition) is 1. The maximum Gasteiger partial charge on any atom is 0.222 e. The summed E-state index contributed by atoms with van der Waals surface area (Å²) >= 11 is 3.54. The first-order valence-corrected chi connectivity index (χ1v) is 5.50. The molecule has 0 radical (unpaired) electrons. The number of amides is 1. The standard InChI is InChI=1S/C9H16BrNO/c1-3-4-9(12)11-6-8(10)5-7(11)2/h7-8H,3-6H2,1-2H3. The summed E-state index contributed by atoms with van der Waals surface area (Å²) in [6.45, 7) is 5.05. The molecule has 0 aromatic heterocycles. The number of likely N-dealkylation sites (tertiary alicyclic amines) is 1. The van der Waals surface area contributed by atoms with Crippen molar-refractivity contribution in [1.29, 1.82) is 0 Å². The summed E-state index contributed by atoms with van der Waals surface area (Å²) in [7, 11) is 0. The Hall–Kier alpha value is -0.0500. The minimum Gasteiger partial charge on any atom is -0.339 e. The van der Waals surface area contributed by atoms with Crippen molar-refractivity contribution in [2.24, 2.45) is 0 Å². The lowest BCUT2D eigenvalue weighted by Gasteiger charge is -2.20. The van der Waals surface area contributed by atoms with Crippen LogP contribution >= 0.6 is 15.9 Å². The fraction of sp³-hybridized carbons (Fsp3) is 0.889. The van der Waals surface area contributed by atoms with Gasteiger partial charge < -0.3 is 4.90 Å². The zero-order chi connectivity index (χ0) is 9.14. The van der Waals surface area contributed by atoms with Gasteiger partial charge in [-0.15, -0.1) is 0 Å². The summed E-state index contributed by atoms with van der Waals surface area (Å²) in [6.07, 6.45) is 2.74. The van der Waals surface area contributed by atoms with Gasteiger partial charge in [0.25, 0.3) is 0 Å². The van der Waals surface area contributed by atoms with Crippen LogP contribution in [-0.4, -0.2) is 28.2 Å².